The molecule has 0 saturated heterocycles. The third kappa shape index (κ3) is 3.28. The van der Waals surface area contributed by atoms with E-state index in [1.165, 1.54) is 35.8 Å². The minimum atomic E-state index is -0.457. The average molecular weight is 381 g/mol. The van der Waals surface area contributed by atoms with E-state index in [0.29, 0.717) is 11.4 Å². The molecule has 2 aliphatic heterocycles. The maximum atomic E-state index is 12.2. The average Bonchev–Trinajstić information content (AvgIpc) is 3.12. The van der Waals surface area contributed by atoms with Gasteiger partial charge in [-0.3, -0.25) is 20.3 Å². The molecule has 136 valence electrons. The molecule has 27 heavy (non-hydrogen) atoms. The fourth-order valence-corrected chi connectivity index (χ4v) is 4.09. The normalized spacial score (nSPS) is 21.0. The quantitative estimate of drug-likeness (QED) is 0.650. The van der Waals surface area contributed by atoms with Crippen molar-refractivity contribution in [2.75, 3.05) is 0 Å². The van der Waals surface area contributed by atoms with Gasteiger partial charge < -0.3 is 0 Å². The summed E-state index contributed by atoms with van der Waals surface area (Å²) < 4.78 is 0. The van der Waals surface area contributed by atoms with Crippen molar-refractivity contribution >= 4 is 34.2 Å². The highest BCUT2D eigenvalue weighted by Crippen LogP contribution is 2.35. The molecule has 2 aromatic carbocycles. The highest BCUT2D eigenvalue weighted by molar-refractivity contribution is 8.15. The van der Waals surface area contributed by atoms with Crippen LogP contribution >= 0.6 is 11.8 Å². The molecule has 0 saturated carbocycles. The summed E-state index contributed by atoms with van der Waals surface area (Å²) in [5.74, 6) is 0.302. The fraction of sp³-hybridized carbons (Fsp3) is 0.167. The minimum absolute atomic E-state index is 0.00253. The summed E-state index contributed by atoms with van der Waals surface area (Å²) in [7, 11) is 0. The smallest absolute Gasteiger partial charge is 0.269 e. The Morgan fingerprint density at radius 3 is 2.44 bits per heavy atom. The van der Waals surface area contributed by atoms with E-state index in [2.05, 4.69) is 15.4 Å². The first-order valence-corrected chi connectivity index (χ1v) is 9.10. The molecule has 1 N–H and O–H groups in total. The van der Waals surface area contributed by atoms with Crippen LogP contribution in [0.3, 0.4) is 0 Å². The second-order valence-corrected chi connectivity index (χ2v) is 7.11. The van der Waals surface area contributed by atoms with Crippen LogP contribution < -0.4 is 5.43 Å². The predicted molar refractivity (Wildman–Crippen MR) is 103 cm³/mol. The van der Waals surface area contributed by atoms with Gasteiger partial charge in [0.25, 0.3) is 5.69 Å². The lowest BCUT2D eigenvalue weighted by atomic mass is 10.2. The predicted octanol–water partition coefficient (Wildman–Crippen LogP) is 2.55. The molecule has 2 atom stereocenters. The van der Waals surface area contributed by atoms with E-state index in [4.69, 9.17) is 0 Å². The van der Waals surface area contributed by atoms with Crippen molar-refractivity contribution in [3.8, 4) is 0 Å². The van der Waals surface area contributed by atoms with Crippen LogP contribution in [0.1, 0.15) is 18.1 Å². The zero-order chi connectivity index (χ0) is 19.0. The van der Waals surface area contributed by atoms with Crippen LogP contribution in [0.5, 0.6) is 0 Å². The molecule has 2 aliphatic rings. The third-order valence-electron chi connectivity index (χ3n) is 4.19. The molecule has 2 aromatic rings. The van der Waals surface area contributed by atoms with E-state index < -0.39 is 11.1 Å². The van der Waals surface area contributed by atoms with Crippen LogP contribution in [0.15, 0.2) is 64.6 Å². The van der Waals surface area contributed by atoms with Gasteiger partial charge in [0.15, 0.2) is 6.17 Å². The fourth-order valence-electron chi connectivity index (χ4n) is 2.87. The number of carbonyl (C=O) groups is 1. The first-order chi connectivity index (χ1) is 13.0. The van der Waals surface area contributed by atoms with E-state index in [1.807, 2.05) is 30.3 Å². The summed E-state index contributed by atoms with van der Waals surface area (Å²) >= 11 is 1.48. The Balaban J connectivity index is 1.68. The van der Waals surface area contributed by atoms with E-state index in [-0.39, 0.29) is 17.0 Å². The standard InChI is InChI=1S/C18H15N5O3S/c1-11(24)22-18-16(20-17(27-18)13-5-3-2-4-6-13)19-15(21-22)12-7-9-14(10-8-12)23(25)26/h2-10,16,18H,1H3,(H,19,21)/t16-,18+/m1/s1. The van der Waals surface area contributed by atoms with E-state index in [0.717, 1.165) is 10.6 Å². The number of non-ortho nitro benzene ring substituents is 1. The van der Waals surface area contributed by atoms with Gasteiger partial charge >= 0.3 is 0 Å². The maximum Gasteiger partial charge on any atom is 0.269 e. The lowest BCUT2D eigenvalue weighted by Crippen LogP contribution is -2.56. The van der Waals surface area contributed by atoms with Crippen LogP contribution in [0.25, 0.3) is 0 Å². The van der Waals surface area contributed by atoms with Crippen molar-refractivity contribution < 1.29 is 9.72 Å². The molecule has 4 rings (SSSR count). The van der Waals surface area contributed by atoms with Gasteiger partial charge in [0.05, 0.1) is 4.92 Å². The number of aliphatic imine (C=N–C) groups is 2. The van der Waals surface area contributed by atoms with Gasteiger partial charge in [-0.2, -0.15) is 0 Å². The Bertz CT molecular complexity index is 959. The number of benzene rings is 2. The molecule has 2 heterocycles. The van der Waals surface area contributed by atoms with Gasteiger partial charge in [-0.1, -0.05) is 42.1 Å². The van der Waals surface area contributed by atoms with Crippen molar-refractivity contribution in [2.45, 2.75) is 18.5 Å². The molecule has 8 nitrogen and oxygen atoms in total. The Morgan fingerprint density at radius 2 is 1.81 bits per heavy atom. The van der Waals surface area contributed by atoms with Gasteiger partial charge in [-0.25, -0.2) is 15.0 Å². The number of rotatable bonds is 3. The topological polar surface area (TPSA) is 100 Å². The maximum absolute atomic E-state index is 12.2. The first-order valence-electron chi connectivity index (χ1n) is 8.22. The number of fused-ring (bicyclic) bond motifs is 1. The van der Waals surface area contributed by atoms with Crippen molar-refractivity contribution in [3.63, 3.8) is 0 Å². The van der Waals surface area contributed by atoms with E-state index in [1.54, 1.807) is 12.1 Å². The Kier molecular flexibility index (Phi) is 4.36. The first kappa shape index (κ1) is 17.2. The summed E-state index contributed by atoms with van der Waals surface area (Å²) in [4.78, 5) is 31.9. The number of hydrogen-bond donors (Lipinski definition) is 1. The third-order valence-corrected chi connectivity index (χ3v) is 5.45. The largest absolute Gasteiger partial charge is 0.278 e. The summed E-state index contributed by atoms with van der Waals surface area (Å²) in [6, 6.07) is 15.8. The van der Waals surface area contributed by atoms with Crippen LogP contribution in [-0.4, -0.2) is 38.3 Å². The van der Waals surface area contributed by atoms with Gasteiger partial charge in [0.1, 0.15) is 16.3 Å². The molecular weight excluding hydrogens is 366 g/mol. The molecule has 1 amide bonds. The van der Waals surface area contributed by atoms with Gasteiger partial charge in [0, 0.05) is 30.2 Å². The number of hydrazine groups is 1. The van der Waals surface area contributed by atoms with Crippen molar-refractivity contribution in [1.82, 2.24) is 10.4 Å². The molecule has 0 spiro atoms. The van der Waals surface area contributed by atoms with Crippen LogP contribution in [0.4, 0.5) is 5.69 Å². The molecule has 0 radical (unpaired) electrons. The van der Waals surface area contributed by atoms with Crippen LogP contribution in [0.2, 0.25) is 0 Å². The number of nitrogens with one attached hydrogen (secondary N) is 1. The second-order valence-electron chi connectivity index (χ2n) is 6.00. The van der Waals surface area contributed by atoms with Gasteiger partial charge in [-0.05, 0) is 12.1 Å². The minimum Gasteiger partial charge on any atom is -0.278 e. The number of nitro benzene ring substituents is 1. The molecule has 0 bridgehead atoms. The van der Waals surface area contributed by atoms with Crippen molar-refractivity contribution in [3.05, 3.63) is 75.8 Å². The molecule has 0 aliphatic carbocycles. The number of nitrogens with zero attached hydrogens (tertiary/aromatic N) is 4. The lowest BCUT2D eigenvalue weighted by Gasteiger charge is -2.34. The second kappa shape index (κ2) is 6.84. The highest BCUT2D eigenvalue weighted by atomic mass is 32.2. The Hall–Kier alpha value is -3.20. The monoisotopic (exact) mass is 381 g/mol. The summed E-state index contributed by atoms with van der Waals surface area (Å²) in [6.07, 6.45) is -0.444. The van der Waals surface area contributed by atoms with Gasteiger partial charge in [0.2, 0.25) is 5.91 Å². The number of nitro groups is 1. The number of amides is 1. The molecule has 0 aromatic heterocycles. The number of amidine groups is 1. The van der Waals surface area contributed by atoms with E-state index >= 15 is 0 Å². The van der Waals surface area contributed by atoms with Crippen molar-refractivity contribution in [1.29, 1.82) is 0 Å². The number of carbonyl (C=O) groups excluding carboxylic acids is 1. The zero-order valence-electron chi connectivity index (χ0n) is 14.3. The lowest BCUT2D eigenvalue weighted by molar-refractivity contribution is -0.384. The SMILES string of the molecule is CC(=O)N1NC(c2ccc([N+](=O)[O-])cc2)=N[C@@H]2N=C(c3ccccc3)S[C@@H]21. The number of hydrogen-bond acceptors (Lipinski definition) is 7. The zero-order valence-corrected chi connectivity index (χ0v) is 15.1. The molecule has 9 heteroatoms. The molecule has 0 fully saturated rings. The summed E-state index contributed by atoms with van der Waals surface area (Å²) in [5.41, 5.74) is 4.66. The van der Waals surface area contributed by atoms with Crippen molar-refractivity contribution in [2.24, 2.45) is 9.98 Å². The van der Waals surface area contributed by atoms with Crippen LogP contribution in [-0.2, 0) is 4.79 Å². The summed E-state index contributed by atoms with van der Waals surface area (Å²) in [6.45, 7) is 1.48. The molecular formula is C18H15N5O3S. The highest BCUT2D eigenvalue weighted by Gasteiger charge is 2.40. The van der Waals surface area contributed by atoms with Crippen LogP contribution in [0, 0.1) is 10.1 Å². The Labute approximate surface area is 159 Å². The van der Waals surface area contributed by atoms with Gasteiger partial charge in [-0.15, -0.1) is 0 Å². The number of thioether (sulfide) groups is 1. The Morgan fingerprint density at radius 1 is 1.11 bits per heavy atom. The summed E-state index contributed by atoms with van der Waals surface area (Å²) in [5, 5.41) is 12.9. The van der Waals surface area contributed by atoms with E-state index in [9.17, 15) is 14.9 Å². The molecule has 0 unspecified atom stereocenters.